The number of aromatic amines is 1. The molecule has 0 bridgehead atoms. The van der Waals surface area contributed by atoms with Gasteiger partial charge in [0.05, 0.1) is 12.2 Å². The zero-order valence-electron chi connectivity index (χ0n) is 15.2. The number of nitrogen functional groups attached to an aromatic ring is 1. The maximum atomic E-state index is 12.5. The first-order valence-electron chi connectivity index (χ1n) is 8.64. The van der Waals surface area contributed by atoms with Crippen LogP contribution in [0, 0.1) is 0 Å². The molecule has 10 heteroatoms. The number of hydrogen-bond donors (Lipinski definition) is 2. The smallest absolute Gasteiger partial charge is 0.329 e. The minimum Gasteiger partial charge on any atom is -0.416 e. The number of ketones is 1. The van der Waals surface area contributed by atoms with Crippen LogP contribution in [0.1, 0.15) is 35.2 Å². The largest absolute Gasteiger partial charge is 0.416 e. The lowest BCUT2D eigenvalue weighted by atomic mass is 10.2. The van der Waals surface area contributed by atoms with Crippen molar-refractivity contribution in [1.29, 1.82) is 0 Å². The molecular weight excluding hydrogens is 382 g/mol. The van der Waals surface area contributed by atoms with Gasteiger partial charge in [0.25, 0.3) is 10.8 Å². The van der Waals surface area contributed by atoms with Gasteiger partial charge in [-0.25, -0.2) is 4.79 Å². The molecule has 0 aliphatic carbocycles. The van der Waals surface area contributed by atoms with Crippen LogP contribution in [0.2, 0.25) is 0 Å². The van der Waals surface area contributed by atoms with E-state index in [1.54, 1.807) is 0 Å². The summed E-state index contributed by atoms with van der Waals surface area (Å²) in [6.45, 7) is 2.16. The van der Waals surface area contributed by atoms with E-state index in [1.807, 2.05) is 37.3 Å². The Morgan fingerprint density at radius 2 is 2.00 bits per heavy atom. The molecule has 2 aromatic heterocycles. The first-order valence-corrected chi connectivity index (χ1v) is 9.63. The summed E-state index contributed by atoms with van der Waals surface area (Å²) in [5.41, 5.74) is 5.26. The number of Topliss-reactive ketones (excluding diaryl/α,β-unsaturated/α-hetero) is 1. The van der Waals surface area contributed by atoms with Crippen molar-refractivity contribution in [3.8, 4) is 0 Å². The van der Waals surface area contributed by atoms with Crippen LogP contribution >= 0.6 is 11.8 Å². The molecule has 0 unspecified atom stereocenters. The Balaban J connectivity index is 1.70. The van der Waals surface area contributed by atoms with Crippen LogP contribution in [0.25, 0.3) is 0 Å². The quantitative estimate of drug-likeness (QED) is 0.428. The van der Waals surface area contributed by atoms with Gasteiger partial charge in [0.15, 0.2) is 5.78 Å². The molecule has 3 rings (SSSR count). The van der Waals surface area contributed by atoms with E-state index < -0.39 is 17.0 Å². The van der Waals surface area contributed by atoms with Crippen molar-refractivity contribution >= 4 is 23.4 Å². The van der Waals surface area contributed by atoms with E-state index in [2.05, 4.69) is 15.2 Å². The number of benzene rings is 1. The zero-order valence-corrected chi connectivity index (χ0v) is 16.0. The van der Waals surface area contributed by atoms with Crippen LogP contribution in [0.4, 0.5) is 5.82 Å². The second-order valence-corrected chi connectivity index (χ2v) is 6.93. The van der Waals surface area contributed by atoms with Crippen molar-refractivity contribution in [2.24, 2.45) is 0 Å². The van der Waals surface area contributed by atoms with Gasteiger partial charge in [0.1, 0.15) is 11.4 Å². The highest BCUT2D eigenvalue weighted by Crippen LogP contribution is 2.19. The topological polar surface area (TPSA) is 137 Å². The monoisotopic (exact) mass is 401 g/mol. The minimum atomic E-state index is -0.796. The number of aromatic nitrogens is 4. The van der Waals surface area contributed by atoms with Crippen molar-refractivity contribution < 1.29 is 9.21 Å². The van der Waals surface area contributed by atoms with Gasteiger partial charge in [-0.15, -0.1) is 10.2 Å². The lowest BCUT2D eigenvalue weighted by molar-refractivity contribution is 0.102. The normalized spacial score (nSPS) is 10.9. The Morgan fingerprint density at radius 1 is 1.25 bits per heavy atom. The summed E-state index contributed by atoms with van der Waals surface area (Å²) < 4.78 is 6.72. The SMILES string of the molecule is CCCn1c(N)c(C(=O)CSc2nnc(Cc3ccccc3)o2)c(=O)[nH]c1=O. The van der Waals surface area contributed by atoms with E-state index >= 15 is 0 Å². The first-order chi connectivity index (χ1) is 13.5. The number of nitrogens with two attached hydrogens (primary N) is 1. The highest BCUT2D eigenvalue weighted by atomic mass is 32.2. The molecule has 0 saturated heterocycles. The number of thioether (sulfide) groups is 1. The summed E-state index contributed by atoms with van der Waals surface area (Å²) in [6, 6.07) is 9.64. The third kappa shape index (κ3) is 4.39. The molecule has 0 atom stereocenters. The lowest BCUT2D eigenvalue weighted by Crippen LogP contribution is -2.36. The van der Waals surface area contributed by atoms with E-state index in [1.165, 1.54) is 4.57 Å². The van der Waals surface area contributed by atoms with Crippen LogP contribution in [0.3, 0.4) is 0 Å². The lowest BCUT2D eigenvalue weighted by Gasteiger charge is -2.10. The third-order valence-electron chi connectivity index (χ3n) is 3.94. The molecule has 3 N–H and O–H groups in total. The van der Waals surface area contributed by atoms with E-state index in [0.29, 0.717) is 25.3 Å². The number of carbonyl (C=O) groups excluding carboxylic acids is 1. The summed E-state index contributed by atoms with van der Waals surface area (Å²) in [4.78, 5) is 38.5. The molecular formula is C18H19N5O4S. The van der Waals surface area contributed by atoms with Gasteiger partial charge in [0.2, 0.25) is 5.89 Å². The van der Waals surface area contributed by atoms with Gasteiger partial charge in [-0.1, -0.05) is 49.0 Å². The minimum absolute atomic E-state index is 0.120. The number of carbonyl (C=O) groups is 1. The maximum Gasteiger partial charge on any atom is 0.329 e. The van der Waals surface area contributed by atoms with E-state index in [9.17, 15) is 14.4 Å². The van der Waals surface area contributed by atoms with Crippen LogP contribution in [0.5, 0.6) is 0 Å². The van der Waals surface area contributed by atoms with Crippen molar-refractivity contribution in [3.05, 3.63) is 68.2 Å². The molecule has 0 aliphatic rings. The second kappa shape index (κ2) is 8.70. The molecule has 0 saturated carbocycles. The summed E-state index contributed by atoms with van der Waals surface area (Å²) in [7, 11) is 0. The Morgan fingerprint density at radius 3 is 2.71 bits per heavy atom. The van der Waals surface area contributed by atoms with Gasteiger partial charge in [-0.3, -0.25) is 19.1 Å². The zero-order chi connectivity index (χ0) is 20.1. The third-order valence-corrected chi connectivity index (χ3v) is 4.76. The number of anilines is 1. The first kappa shape index (κ1) is 19.6. The Kier molecular flexibility index (Phi) is 6.09. The van der Waals surface area contributed by atoms with E-state index in [0.717, 1.165) is 17.3 Å². The predicted molar refractivity (Wildman–Crippen MR) is 105 cm³/mol. The average molecular weight is 401 g/mol. The summed E-state index contributed by atoms with van der Waals surface area (Å²) in [5, 5.41) is 8.08. The molecule has 3 aromatic rings. The number of H-pyrrole nitrogens is 1. The number of nitrogens with zero attached hydrogens (tertiary/aromatic N) is 3. The molecule has 0 amide bonds. The molecule has 9 nitrogen and oxygen atoms in total. The van der Waals surface area contributed by atoms with Crippen molar-refractivity contribution in [2.75, 3.05) is 11.5 Å². The van der Waals surface area contributed by atoms with Crippen LogP contribution in [0.15, 0.2) is 49.6 Å². The number of rotatable bonds is 8. The van der Waals surface area contributed by atoms with Crippen molar-refractivity contribution in [3.63, 3.8) is 0 Å². The molecule has 0 spiro atoms. The van der Waals surface area contributed by atoms with Crippen molar-refractivity contribution in [1.82, 2.24) is 19.7 Å². The van der Waals surface area contributed by atoms with Crippen LogP contribution < -0.4 is 17.0 Å². The standard InChI is InChI=1S/C18H19N5O4S/c1-2-8-23-15(19)14(16(25)20-17(23)26)12(24)10-28-18-22-21-13(27-18)9-11-6-4-3-5-7-11/h3-7H,2,8-10,19H2,1H3,(H,20,25,26). The highest BCUT2D eigenvalue weighted by molar-refractivity contribution is 7.99. The second-order valence-electron chi connectivity index (χ2n) is 6.01. The summed E-state index contributed by atoms with van der Waals surface area (Å²) in [5.74, 6) is -0.340. The van der Waals surface area contributed by atoms with Gasteiger partial charge >= 0.3 is 5.69 Å². The van der Waals surface area contributed by atoms with E-state index in [-0.39, 0.29) is 22.4 Å². The molecule has 28 heavy (non-hydrogen) atoms. The average Bonchev–Trinajstić information content (AvgIpc) is 3.11. The molecule has 0 radical (unpaired) electrons. The molecule has 1 aromatic carbocycles. The molecule has 0 fully saturated rings. The maximum absolute atomic E-state index is 12.5. The van der Waals surface area contributed by atoms with Crippen LogP contribution in [-0.2, 0) is 13.0 Å². The Labute approximate surface area is 164 Å². The highest BCUT2D eigenvalue weighted by Gasteiger charge is 2.20. The Bertz CT molecular complexity index is 1090. The fourth-order valence-corrected chi connectivity index (χ4v) is 3.29. The van der Waals surface area contributed by atoms with Gasteiger partial charge < -0.3 is 10.2 Å². The fourth-order valence-electron chi connectivity index (χ4n) is 2.64. The molecule has 0 aliphatic heterocycles. The Hall–Kier alpha value is -3.14. The summed E-state index contributed by atoms with van der Waals surface area (Å²) in [6.07, 6.45) is 1.11. The van der Waals surface area contributed by atoms with Crippen molar-refractivity contribution in [2.45, 2.75) is 31.5 Å². The summed E-state index contributed by atoms with van der Waals surface area (Å²) >= 11 is 1.01. The van der Waals surface area contributed by atoms with Gasteiger partial charge in [0, 0.05) is 6.54 Å². The van der Waals surface area contributed by atoms with Crippen LogP contribution in [-0.4, -0.2) is 31.3 Å². The van der Waals surface area contributed by atoms with Gasteiger partial charge in [-0.2, -0.15) is 0 Å². The van der Waals surface area contributed by atoms with E-state index in [4.69, 9.17) is 10.2 Å². The molecule has 2 heterocycles. The van der Waals surface area contributed by atoms with Gasteiger partial charge in [-0.05, 0) is 12.0 Å². The molecule has 146 valence electrons. The number of nitrogens with one attached hydrogen (secondary N) is 1. The predicted octanol–water partition coefficient (Wildman–Crippen LogP) is 1.48. The number of hydrogen-bond acceptors (Lipinski definition) is 8. The fraction of sp³-hybridized carbons (Fsp3) is 0.278.